The number of para-hydroxylation sites is 1. The molecule has 0 aromatic heterocycles. The van der Waals surface area contributed by atoms with Crippen molar-refractivity contribution < 1.29 is 14.7 Å². The Labute approximate surface area is 141 Å². The molecule has 2 rings (SSSR count). The van der Waals surface area contributed by atoms with Crippen LogP contribution < -0.4 is 10.7 Å². The summed E-state index contributed by atoms with van der Waals surface area (Å²) in [7, 11) is 0. The van der Waals surface area contributed by atoms with Crippen molar-refractivity contribution in [3.8, 4) is 5.75 Å². The second-order valence-electron chi connectivity index (χ2n) is 4.34. The standard InChI is InChI=1S/C15H11Cl2N3O3/c16-10-5-6-11(17)12(7-10)19-14(22)15(23)20-18-8-9-3-1-2-4-13(9)21/h1-8,21H,(H,19,22)(H,20,23)/b18-8-. The van der Waals surface area contributed by atoms with Gasteiger partial charge in [-0.15, -0.1) is 0 Å². The molecule has 2 aromatic carbocycles. The zero-order valence-corrected chi connectivity index (χ0v) is 13.1. The average molecular weight is 352 g/mol. The SMILES string of the molecule is O=C(N/N=C\c1ccccc1O)C(=O)Nc1cc(Cl)ccc1Cl. The topological polar surface area (TPSA) is 90.8 Å². The molecule has 6 nitrogen and oxygen atoms in total. The minimum atomic E-state index is -0.993. The molecule has 8 heteroatoms. The van der Waals surface area contributed by atoms with Crippen LogP contribution in [0.2, 0.25) is 10.0 Å². The molecule has 0 saturated carbocycles. The quantitative estimate of drug-likeness (QED) is 0.451. The highest BCUT2D eigenvalue weighted by molar-refractivity contribution is 6.42. The molecule has 2 aromatic rings. The molecule has 0 spiro atoms. The lowest BCUT2D eigenvalue weighted by Gasteiger charge is -2.06. The Morgan fingerprint density at radius 3 is 2.57 bits per heavy atom. The number of anilines is 1. The minimum Gasteiger partial charge on any atom is -0.507 e. The number of amides is 2. The van der Waals surface area contributed by atoms with E-state index in [2.05, 4.69) is 10.4 Å². The Bertz CT molecular complexity index is 778. The smallest absolute Gasteiger partial charge is 0.329 e. The summed E-state index contributed by atoms with van der Waals surface area (Å²) in [4.78, 5) is 23.4. The Kier molecular flexibility index (Phi) is 5.56. The first-order chi connectivity index (χ1) is 11.0. The van der Waals surface area contributed by atoms with Gasteiger partial charge < -0.3 is 10.4 Å². The molecule has 0 bridgehead atoms. The molecule has 0 saturated heterocycles. The number of hydrogen-bond donors (Lipinski definition) is 3. The lowest BCUT2D eigenvalue weighted by molar-refractivity contribution is -0.136. The fourth-order valence-electron chi connectivity index (χ4n) is 1.58. The Morgan fingerprint density at radius 2 is 1.83 bits per heavy atom. The second-order valence-corrected chi connectivity index (χ2v) is 5.18. The zero-order chi connectivity index (χ0) is 16.8. The van der Waals surface area contributed by atoms with Crippen molar-refractivity contribution in [3.63, 3.8) is 0 Å². The zero-order valence-electron chi connectivity index (χ0n) is 11.6. The van der Waals surface area contributed by atoms with Crippen molar-refractivity contribution >= 4 is 46.9 Å². The van der Waals surface area contributed by atoms with Gasteiger partial charge in [0.1, 0.15) is 5.75 Å². The Hall–Kier alpha value is -2.57. The molecule has 23 heavy (non-hydrogen) atoms. The molecular weight excluding hydrogens is 341 g/mol. The summed E-state index contributed by atoms with van der Waals surface area (Å²) in [6, 6.07) is 10.9. The third-order valence-electron chi connectivity index (χ3n) is 2.69. The third kappa shape index (κ3) is 4.70. The van der Waals surface area contributed by atoms with Gasteiger partial charge in [-0.2, -0.15) is 5.10 Å². The molecule has 0 unspecified atom stereocenters. The molecule has 0 aliphatic carbocycles. The molecule has 3 N–H and O–H groups in total. The number of benzene rings is 2. The summed E-state index contributed by atoms with van der Waals surface area (Å²) < 4.78 is 0. The maximum absolute atomic E-state index is 11.7. The number of aromatic hydroxyl groups is 1. The van der Waals surface area contributed by atoms with Gasteiger partial charge in [0.2, 0.25) is 0 Å². The number of hydrazone groups is 1. The van der Waals surface area contributed by atoms with Crippen LogP contribution in [0.15, 0.2) is 47.6 Å². The van der Waals surface area contributed by atoms with E-state index >= 15 is 0 Å². The summed E-state index contributed by atoms with van der Waals surface area (Å²) >= 11 is 11.7. The molecule has 0 heterocycles. The molecule has 2 amide bonds. The number of phenols is 1. The highest BCUT2D eigenvalue weighted by atomic mass is 35.5. The number of carbonyl (C=O) groups excluding carboxylic acids is 2. The van der Waals surface area contributed by atoms with Crippen LogP contribution in [0, 0.1) is 0 Å². The molecule has 0 radical (unpaired) electrons. The Balaban J connectivity index is 1.97. The van der Waals surface area contributed by atoms with E-state index in [0.29, 0.717) is 10.6 Å². The van der Waals surface area contributed by atoms with Crippen LogP contribution in [-0.4, -0.2) is 23.1 Å². The van der Waals surface area contributed by atoms with Crippen LogP contribution in [0.4, 0.5) is 5.69 Å². The van der Waals surface area contributed by atoms with Gasteiger partial charge in [0.05, 0.1) is 16.9 Å². The van der Waals surface area contributed by atoms with Crippen LogP contribution in [0.5, 0.6) is 5.75 Å². The van der Waals surface area contributed by atoms with Gasteiger partial charge >= 0.3 is 11.8 Å². The highest BCUT2D eigenvalue weighted by Gasteiger charge is 2.14. The first-order valence-electron chi connectivity index (χ1n) is 6.35. The maximum Gasteiger partial charge on any atom is 0.329 e. The average Bonchev–Trinajstić information content (AvgIpc) is 2.52. The summed E-state index contributed by atoms with van der Waals surface area (Å²) in [6.07, 6.45) is 1.22. The van der Waals surface area contributed by atoms with Gasteiger partial charge in [-0.05, 0) is 30.3 Å². The van der Waals surface area contributed by atoms with Gasteiger partial charge in [-0.1, -0.05) is 35.3 Å². The van der Waals surface area contributed by atoms with E-state index in [4.69, 9.17) is 23.2 Å². The van der Waals surface area contributed by atoms with Crippen molar-refractivity contribution in [2.75, 3.05) is 5.32 Å². The van der Waals surface area contributed by atoms with E-state index < -0.39 is 11.8 Å². The fraction of sp³-hybridized carbons (Fsp3) is 0. The van der Waals surface area contributed by atoms with E-state index in [0.717, 1.165) is 0 Å². The number of hydrogen-bond acceptors (Lipinski definition) is 4. The molecule has 118 valence electrons. The summed E-state index contributed by atoms with van der Waals surface area (Å²) in [6.45, 7) is 0. The minimum absolute atomic E-state index is 0.000611. The lowest BCUT2D eigenvalue weighted by atomic mass is 10.2. The number of halogens is 2. The maximum atomic E-state index is 11.7. The van der Waals surface area contributed by atoms with E-state index in [-0.39, 0.29) is 16.5 Å². The lowest BCUT2D eigenvalue weighted by Crippen LogP contribution is -2.32. The summed E-state index contributed by atoms with van der Waals surface area (Å²) in [5, 5.41) is 16.1. The first kappa shape index (κ1) is 16.8. The molecule has 0 atom stereocenters. The molecule has 0 aliphatic rings. The summed E-state index contributed by atoms with van der Waals surface area (Å²) in [5.74, 6) is -1.95. The van der Waals surface area contributed by atoms with Crippen LogP contribution in [0.25, 0.3) is 0 Å². The van der Waals surface area contributed by atoms with Crippen LogP contribution in [0.1, 0.15) is 5.56 Å². The molecule has 0 fully saturated rings. The predicted molar refractivity (Wildman–Crippen MR) is 88.9 cm³/mol. The normalized spacial score (nSPS) is 10.5. The largest absolute Gasteiger partial charge is 0.507 e. The van der Waals surface area contributed by atoms with E-state index in [1.807, 2.05) is 5.43 Å². The highest BCUT2D eigenvalue weighted by Crippen LogP contribution is 2.25. The van der Waals surface area contributed by atoms with Gasteiger partial charge in [0, 0.05) is 10.6 Å². The van der Waals surface area contributed by atoms with Gasteiger partial charge in [0.25, 0.3) is 0 Å². The molecular formula is C15H11Cl2N3O3. The van der Waals surface area contributed by atoms with Crippen molar-refractivity contribution in [2.24, 2.45) is 5.10 Å². The number of carbonyl (C=O) groups is 2. The van der Waals surface area contributed by atoms with Crippen LogP contribution in [-0.2, 0) is 9.59 Å². The van der Waals surface area contributed by atoms with E-state index in [1.165, 1.54) is 24.4 Å². The van der Waals surface area contributed by atoms with Crippen molar-refractivity contribution in [2.45, 2.75) is 0 Å². The number of nitrogens with zero attached hydrogens (tertiary/aromatic N) is 1. The van der Waals surface area contributed by atoms with Crippen molar-refractivity contribution in [1.29, 1.82) is 0 Å². The van der Waals surface area contributed by atoms with Crippen LogP contribution >= 0.6 is 23.2 Å². The van der Waals surface area contributed by atoms with E-state index in [1.54, 1.807) is 24.3 Å². The predicted octanol–water partition coefficient (Wildman–Crippen LogP) is 2.79. The van der Waals surface area contributed by atoms with Crippen molar-refractivity contribution in [1.82, 2.24) is 5.43 Å². The number of nitrogens with one attached hydrogen (secondary N) is 2. The van der Waals surface area contributed by atoms with Crippen LogP contribution in [0.3, 0.4) is 0 Å². The summed E-state index contributed by atoms with van der Waals surface area (Å²) in [5.41, 5.74) is 2.65. The van der Waals surface area contributed by atoms with Gasteiger partial charge in [0.15, 0.2) is 0 Å². The van der Waals surface area contributed by atoms with Gasteiger partial charge in [-0.3, -0.25) is 9.59 Å². The third-order valence-corrected chi connectivity index (χ3v) is 3.25. The molecule has 0 aliphatic heterocycles. The monoisotopic (exact) mass is 351 g/mol. The van der Waals surface area contributed by atoms with E-state index in [9.17, 15) is 14.7 Å². The van der Waals surface area contributed by atoms with Gasteiger partial charge in [-0.25, -0.2) is 5.43 Å². The Morgan fingerprint density at radius 1 is 1.09 bits per heavy atom. The number of phenolic OH excluding ortho intramolecular Hbond substituents is 1. The fourth-order valence-corrected chi connectivity index (χ4v) is 1.92. The second kappa shape index (κ2) is 7.62. The van der Waals surface area contributed by atoms with Crippen molar-refractivity contribution in [3.05, 3.63) is 58.1 Å². The number of rotatable bonds is 3. The first-order valence-corrected chi connectivity index (χ1v) is 7.10.